The van der Waals surface area contributed by atoms with Crippen LogP contribution in [0.3, 0.4) is 0 Å². The first kappa shape index (κ1) is 14.0. The molecule has 1 amide bonds. The number of benzene rings is 1. The number of amides is 1. The quantitative estimate of drug-likeness (QED) is 0.826. The Morgan fingerprint density at radius 1 is 1.45 bits per heavy atom. The van der Waals surface area contributed by atoms with Gasteiger partial charge in [0.2, 0.25) is 0 Å². The van der Waals surface area contributed by atoms with Crippen molar-refractivity contribution in [2.24, 2.45) is 10.7 Å². The van der Waals surface area contributed by atoms with Gasteiger partial charge in [0.1, 0.15) is 0 Å². The standard InChI is InChI=1S/C16H17N3O/c1-3-7-11(8-4-2)14-12-9-5-6-10-13(12)18-16(20)15(17)19-14/h3-10,15H,1,17H2,2H3,(H,18,20)/b8-4-,11-7+/t15-/m1/s1. The van der Waals surface area contributed by atoms with E-state index in [4.69, 9.17) is 5.73 Å². The van der Waals surface area contributed by atoms with Crippen molar-refractivity contribution in [3.8, 4) is 0 Å². The minimum atomic E-state index is -0.920. The zero-order valence-electron chi connectivity index (χ0n) is 11.3. The molecule has 2 rings (SSSR count). The molecule has 0 saturated heterocycles. The third kappa shape index (κ3) is 2.75. The number of nitrogens with one attached hydrogen (secondary N) is 1. The third-order valence-corrected chi connectivity index (χ3v) is 2.89. The highest BCUT2D eigenvalue weighted by Gasteiger charge is 2.22. The van der Waals surface area contributed by atoms with Gasteiger partial charge in [0.25, 0.3) is 5.91 Å². The maximum absolute atomic E-state index is 11.9. The Kier molecular flexibility index (Phi) is 4.27. The topological polar surface area (TPSA) is 67.5 Å². The number of rotatable bonds is 3. The molecule has 0 aliphatic carbocycles. The molecule has 1 aliphatic rings. The van der Waals surface area contributed by atoms with E-state index in [1.54, 1.807) is 6.08 Å². The van der Waals surface area contributed by atoms with Crippen LogP contribution in [0.4, 0.5) is 5.69 Å². The number of anilines is 1. The van der Waals surface area contributed by atoms with Gasteiger partial charge in [-0.25, -0.2) is 0 Å². The average Bonchev–Trinajstić information content (AvgIpc) is 2.56. The summed E-state index contributed by atoms with van der Waals surface area (Å²) in [5.41, 5.74) is 8.91. The number of allylic oxidation sites excluding steroid dienone is 5. The fraction of sp³-hybridized carbons (Fsp3) is 0.125. The predicted octanol–water partition coefficient (Wildman–Crippen LogP) is 2.40. The van der Waals surface area contributed by atoms with Crippen molar-refractivity contribution in [2.45, 2.75) is 13.1 Å². The molecule has 4 heteroatoms. The van der Waals surface area contributed by atoms with Crippen LogP contribution in [0.15, 0.2) is 65.7 Å². The van der Waals surface area contributed by atoms with Crippen LogP contribution in [-0.4, -0.2) is 17.8 Å². The number of para-hydroxylation sites is 1. The van der Waals surface area contributed by atoms with E-state index in [9.17, 15) is 4.79 Å². The van der Waals surface area contributed by atoms with Crippen LogP contribution in [0.1, 0.15) is 12.5 Å². The lowest BCUT2D eigenvalue weighted by atomic mass is 10.00. The van der Waals surface area contributed by atoms with Crippen molar-refractivity contribution < 1.29 is 4.79 Å². The molecular weight excluding hydrogens is 250 g/mol. The summed E-state index contributed by atoms with van der Waals surface area (Å²) >= 11 is 0. The number of carbonyl (C=O) groups is 1. The van der Waals surface area contributed by atoms with Gasteiger partial charge in [-0.3, -0.25) is 9.79 Å². The number of aliphatic imine (C=N–C) groups is 1. The van der Waals surface area contributed by atoms with Crippen LogP contribution in [0.2, 0.25) is 0 Å². The van der Waals surface area contributed by atoms with Crippen molar-refractivity contribution >= 4 is 17.3 Å². The van der Waals surface area contributed by atoms with E-state index in [-0.39, 0.29) is 5.91 Å². The van der Waals surface area contributed by atoms with Crippen molar-refractivity contribution in [1.82, 2.24) is 0 Å². The van der Waals surface area contributed by atoms with Crippen LogP contribution in [0.5, 0.6) is 0 Å². The Hall–Kier alpha value is -2.46. The SMILES string of the molecule is C=C/C=C(\C=C/C)C1=N[C@@H](N)C(=O)Nc2ccccc21. The highest BCUT2D eigenvalue weighted by molar-refractivity contribution is 6.20. The number of hydrogen-bond acceptors (Lipinski definition) is 3. The van der Waals surface area contributed by atoms with Crippen molar-refractivity contribution in [3.05, 3.63) is 66.3 Å². The van der Waals surface area contributed by atoms with E-state index in [0.29, 0.717) is 11.4 Å². The van der Waals surface area contributed by atoms with Gasteiger partial charge in [-0.1, -0.05) is 49.1 Å². The second-order valence-corrected chi connectivity index (χ2v) is 4.32. The minimum Gasteiger partial charge on any atom is -0.322 e. The second kappa shape index (κ2) is 6.12. The van der Waals surface area contributed by atoms with Gasteiger partial charge in [0.05, 0.1) is 11.4 Å². The summed E-state index contributed by atoms with van der Waals surface area (Å²) in [6.07, 6.45) is 6.44. The molecule has 0 unspecified atom stereocenters. The van der Waals surface area contributed by atoms with Crippen LogP contribution in [-0.2, 0) is 4.79 Å². The fourth-order valence-electron chi connectivity index (χ4n) is 2.02. The van der Waals surface area contributed by atoms with E-state index in [2.05, 4.69) is 16.9 Å². The molecule has 1 aliphatic heterocycles. The molecule has 3 N–H and O–H groups in total. The molecular formula is C16H17N3O. The average molecular weight is 267 g/mol. The Morgan fingerprint density at radius 2 is 2.20 bits per heavy atom. The van der Waals surface area contributed by atoms with E-state index in [0.717, 1.165) is 11.1 Å². The van der Waals surface area contributed by atoms with Crippen molar-refractivity contribution in [3.63, 3.8) is 0 Å². The maximum Gasteiger partial charge on any atom is 0.263 e. The highest BCUT2D eigenvalue weighted by Crippen LogP contribution is 2.23. The number of nitrogens with zero attached hydrogens (tertiary/aromatic N) is 1. The van der Waals surface area contributed by atoms with Crippen molar-refractivity contribution in [2.75, 3.05) is 5.32 Å². The first-order valence-corrected chi connectivity index (χ1v) is 6.36. The summed E-state index contributed by atoms with van der Waals surface area (Å²) in [5, 5.41) is 2.79. The first-order valence-electron chi connectivity index (χ1n) is 6.36. The Labute approximate surface area is 118 Å². The lowest BCUT2D eigenvalue weighted by molar-refractivity contribution is -0.117. The van der Waals surface area contributed by atoms with E-state index in [1.165, 1.54) is 0 Å². The largest absolute Gasteiger partial charge is 0.322 e. The van der Waals surface area contributed by atoms with Gasteiger partial charge in [0, 0.05) is 11.1 Å². The molecule has 0 fully saturated rings. The molecule has 1 aromatic carbocycles. The summed E-state index contributed by atoms with van der Waals surface area (Å²) < 4.78 is 0. The molecule has 0 bridgehead atoms. The molecule has 0 spiro atoms. The highest BCUT2D eigenvalue weighted by atomic mass is 16.2. The van der Waals surface area contributed by atoms with E-state index < -0.39 is 6.17 Å². The van der Waals surface area contributed by atoms with Crippen LogP contribution in [0.25, 0.3) is 0 Å². The van der Waals surface area contributed by atoms with Gasteiger partial charge in [-0.15, -0.1) is 0 Å². The molecule has 1 heterocycles. The van der Waals surface area contributed by atoms with Crippen LogP contribution in [0, 0.1) is 0 Å². The Morgan fingerprint density at radius 3 is 2.90 bits per heavy atom. The number of carbonyl (C=O) groups excluding carboxylic acids is 1. The summed E-state index contributed by atoms with van der Waals surface area (Å²) in [6.45, 7) is 5.63. The molecule has 0 saturated carbocycles. The molecule has 0 radical (unpaired) electrons. The van der Waals surface area contributed by atoms with Crippen LogP contribution < -0.4 is 11.1 Å². The lowest BCUT2D eigenvalue weighted by Crippen LogP contribution is -2.33. The normalized spacial score (nSPS) is 19.1. The van der Waals surface area contributed by atoms with Gasteiger partial charge in [0.15, 0.2) is 6.17 Å². The van der Waals surface area contributed by atoms with Crippen LogP contribution >= 0.6 is 0 Å². The molecule has 1 aromatic rings. The summed E-state index contributed by atoms with van der Waals surface area (Å²) in [6, 6.07) is 7.51. The number of nitrogens with two attached hydrogens (primary N) is 1. The Balaban J connectivity index is 2.64. The van der Waals surface area contributed by atoms with E-state index in [1.807, 2.05) is 49.4 Å². The summed E-state index contributed by atoms with van der Waals surface area (Å²) in [4.78, 5) is 16.2. The maximum atomic E-state index is 11.9. The molecule has 0 aromatic heterocycles. The number of hydrogen-bond donors (Lipinski definition) is 2. The van der Waals surface area contributed by atoms with Crippen molar-refractivity contribution in [1.29, 1.82) is 0 Å². The fourth-order valence-corrected chi connectivity index (χ4v) is 2.02. The van der Waals surface area contributed by atoms with E-state index >= 15 is 0 Å². The zero-order chi connectivity index (χ0) is 14.5. The molecule has 20 heavy (non-hydrogen) atoms. The number of benzodiazepines with no additional fused rings is 1. The summed E-state index contributed by atoms with van der Waals surface area (Å²) in [5.74, 6) is -0.314. The predicted molar refractivity (Wildman–Crippen MR) is 82.7 cm³/mol. The molecule has 102 valence electrons. The second-order valence-electron chi connectivity index (χ2n) is 4.32. The Bertz CT molecular complexity index is 626. The van der Waals surface area contributed by atoms with Gasteiger partial charge >= 0.3 is 0 Å². The summed E-state index contributed by atoms with van der Waals surface area (Å²) in [7, 11) is 0. The molecule has 1 atom stereocenters. The van der Waals surface area contributed by atoms with Gasteiger partial charge in [-0.05, 0) is 13.0 Å². The number of fused-ring (bicyclic) bond motifs is 1. The minimum absolute atomic E-state index is 0.314. The molecule has 4 nitrogen and oxygen atoms in total. The first-order chi connectivity index (χ1) is 9.67. The third-order valence-electron chi connectivity index (χ3n) is 2.89. The zero-order valence-corrected chi connectivity index (χ0v) is 11.3. The smallest absolute Gasteiger partial charge is 0.263 e. The van der Waals surface area contributed by atoms with Gasteiger partial charge < -0.3 is 11.1 Å². The van der Waals surface area contributed by atoms with Gasteiger partial charge in [-0.2, -0.15) is 0 Å². The monoisotopic (exact) mass is 267 g/mol. The lowest BCUT2D eigenvalue weighted by Gasteiger charge is -2.09.